The van der Waals surface area contributed by atoms with Crippen LogP contribution in [0, 0.1) is 24.7 Å². The zero-order valence-electron chi connectivity index (χ0n) is 11.6. The van der Waals surface area contributed by atoms with Crippen LogP contribution in [0.5, 0.6) is 0 Å². The summed E-state index contributed by atoms with van der Waals surface area (Å²) in [5.74, 6) is 2.64. The van der Waals surface area contributed by atoms with Crippen molar-refractivity contribution < 1.29 is 4.79 Å². The van der Waals surface area contributed by atoms with Gasteiger partial charge in [0.05, 0.1) is 6.54 Å². The normalized spacial score (nSPS) is 28.8. The molecule has 104 valence electrons. The van der Waals surface area contributed by atoms with Gasteiger partial charge in [0.2, 0.25) is 5.91 Å². The topological polar surface area (TPSA) is 46.9 Å². The Morgan fingerprint density at radius 1 is 1.47 bits per heavy atom. The second-order valence-corrected chi connectivity index (χ2v) is 6.18. The van der Waals surface area contributed by atoms with Crippen molar-refractivity contribution in [2.24, 2.45) is 17.8 Å². The third-order valence-corrected chi connectivity index (χ3v) is 4.91. The third kappa shape index (κ3) is 2.82. The van der Waals surface area contributed by atoms with Gasteiger partial charge in [-0.1, -0.05) is 6.42 Å². The van der Waals surface area contributed by atoms with Crippen LogP contribution in [0.15, 0.2) is 12.3 Å². The number of hydrogen-bond acceptors (Lipinski definition) is 2. The van der Waals surface area contributed by atoms with Gasteiger partial charge in [0.15, 0.2) is 0 Å². The zero-order chi connectivity index (χ0) is 13.2. The highest BCUT2D eigenvalue weighted by molar-refractivity contribution is 5.76. The van der Waals surface area contributed by atoms with E-state index in [-0.39, 0.29) is 5.91 Å². The number of carbonyl (C=O) groups excluding carboxylic acids is 1. The van der Waals surface area contributed by atoms with Crippen LogP contribution in [0.2, 0.25) is 0 Å². The Bertz CT molecular complexity index is 454. The van der Waals surface area contributed by atoms with Crippen LogP contribution in [0.4, 0.5) is 0 Å². The van der Waals surface area contributed by atoms with E-state index in [2.05, 4.69) is 10.4 Å². The van der Waals surface area contributed by atoms with Gasteiger partial charge in [0.1, 0.15) is 0 Å². The lowest BCUT2D eigenvalue weighted by atomic mass is 9.86. The molecule has 0 spiro atoms. The van der Waals surface area contributed by atoms with Crippen molar-refractivity contribution in [2.45, 2.75) is 45.6 Å². The molecule has 4 nitrogen and oxygen atoms in total. The van der Waals surface area contributed by atoms with E-state index in [1.54, 1.807) is 6.20 Å². The van der Waals surface area contributed by atoms with Gasteiger partial charge in [-0.05, 0) is 50.0 Å². The van der Waals surface area contributed by atoms with E-state index >= 15 is 0 Å². The van der Waals surface area contributed by atoms with Crippen LogP contribution in [-0.4, -0.2) is 22.2 Å². The van der Waals surface area contributed by atoms with Gasteiger partial charge in [0, 0.05) is 24.9 Å². The number of fused-ring (bicyclic) bond motifs is 2. The van der Waals surface area contributed by atoms with E-state index in [4.69, 9.17) is 0 Å². The Kier molecular flexibility index (Phi) is 3.58. The second-order valence-electron chi connectivity index (χ2n) is 6.18. The van der Waals surface area contributed by atoms with Crippen LogP contribution in [0.1, 0.15) is 37.8 Å². The maximum Gasteiger partial charge on any atom is 0.220 e. The van der Waals surface area contributed by atoms with Crippen molar-refractivity contribution in [3.63, 3.8) is 0 Å². The van der Waals surface area contributed by atoms with Crippen LogP contribution in [0.25, 0.3) is 0 Å². The third-order valence-electron chi connectivity index (χ3n) is 4.91. The van der Waals surface area contributed by atoms with E-state index in [1.165, 1.54) is 25.7 Å². The summed E-state index contributed by atoms with van der Waals surface area (Å²) in [5, 5.41) is 7.25. The Morgan fingerprint density at radius 3 is 3.00 bits per heavy atom. The molecule has 4 heteroatoms. The van der Waals surface area contributed by atoms with E-state index in [0.717, 1.165) is 30.5 Å². The second kappa shape index (κ2) is 5.35. The van der Waals surface area contributed by atoms with Gasteiger partial charge in [-0.25, -0.2) is 0 Å². The number of aromatic nitrogens is 2. The van der Waals surface area contributed by atoms with Gasteiger partial charge < -0.3 is 5.32 Å². The molecule has 1 amide bonds. The number of hydrogen-bond donors (Lipinski definition) is 1. The predicted molar refractivity (Wildman–Crippen MR) is 73.5 cm³/mol. The first-order chi connectivity index (χ1) is 9.22. The molecule has 1 aromatic heterocycles. The lowest BCUT2D eigenvalue weighted by molar-refractivity contribution is -0.122. The fourth-order valence-electron chi connectivity index (χ4n) is 3.87. The predicted octanol–water partition coefficient (Wildman–Crippen LogP) is 2.13. The van der Waals surface area contributed by atoms with E-state index in [9.17, 15) is 4.79 Å². The number of nitrogens with one attached hydrogen (secondary N) is 1. The highest BCUT2D eigenvalue weighted by Crippen LogP contribution is 2.49. The van der Waals surface area contributed by atoms with E-state index in [0.29, 0.717) is 12.5 Å². The van der Waals surface area contributed by atoms with Crippen molar-refractivity contribution in [2.75, 3.05) is 6.54 Å². The molecule has 1 N–H and O–H groups in total. The zero-order valence-corrected chi connectivity index (χ0v) is 11.6. The molecule has 1 heterocycles. The number of aryl methyl sites for hydroxylation is 1. The summed E-state index contributed by atoms with van der Waals surface area (Å²) < 4.78 is 1.93. The summed E-state index contributed by atoms with van der Waals surface area (Å²) in [6.07, 6.45) is 7.96. The molecule has 2 aliphatic carbocycles. The molecule has 0 radical (unpaired) electrons. The number of carbonyl (C=O) groups is 1. The molecule has 3 atom stereocenters. The highest BCUT2D eigenvalue weighted by atomic mass is 16.1. The van der Waals surface area contributed by atoms with Crippen molar-refractivity contribution >= 4 is 5.91 Å². The smallest absolute Gasteiger partial charge is 0.220 e. The summed E-state index contributed by atoms with van der Waals surface area (Å²) in [7, 11) is 0. The SMILES string of the molecule is Cc1ccnn1CCNC(=O)CC1CC2CCC1C2. The molecule has 0 aromatic carbocycles. The molecule has 3 rings (SSSR count). The minimum Gasteiger partial charge on any atom is -0.354 e. The molecule has 2 aliphatic rings. The monoisotopic (exact) mass is 261 g/mol. The number of amides is 1. The maximum atomic E-state index is 11.9. The quantitative estimate of drug-likeness (QED) is 0.882. The van der Waals surface area contributed by atoms with Crippen LogP contribution < -0.4 is 5.32 Å². The maximum absolute atomic E-state index is 11.9. The Hall–Kier alpha value is -1.32. The summed E-state index contributed by atoms with van der Waals surface area (Å²) in [5.41, 5.74) is 1.14. The minimum atomic E-state index is 0.224. The molecule has 2 fully saturated rings. The summed E-state index contributed by atoms with van der Waals surface area (Å²) >= 11 is 0. The fourth-order valence-corrected chi connectivity index (χ4v) is 3.87. The number of nitrogens with zero attached hydrogens (tertiary/aromatic N) is 2. The van der Waals surface area contributed by atoms with Gasteiger partial charge >= 0.3 is 0 Å². The number of rotatable bonds is 5. The lowest BCUT2D eigenvalue weighted by Crippen LogP contribution is -2.30. The van der Waals surface area contributed by atoms with Crippen molar-refractivity contribution in [3.8, 4) is 0 Å². The molecule has 2 bridgehead atoms. The highest BCUT2D eigenvalue weighted by Gasteiger charge is 2.39. The molecule has 1 aromatic rings. The van der Waals surface area contributed by atoms with Crippen molar-refractivity contribution in [1.82, 2.24) is 15.1 Å². The average Bonchev–Trinajstić information content (AvgIpc) is 3.07. The van der Waals surface area contributed by atoms with Gasteiger partial charge in [-0.15, -0.1) is 0 Å². The van der Waals surface area contributed by atoms with Gasteiger partial charge in [-0.2, -0.15) is 5.10 Å². The Morgan fingerprint density at radius 2 is 2.37 bits per heavy atom. The molecular weight excluding hydrogens is 238 g/mol. The average molecular weight is 261 g/mol. The Balaban J connectivity index is 1.39. The van der Waals surface area contributed by atoms with Crippen LogP contribution in [0.3, 0.4) is 0 Å². The molecule has 19 heavy (non-hydrogen) atoms. The summed E-state index contributed by atoms with van der Waals surface area (Å²) in [6.45, 7) is 3.48. The largest absolute Gasteiger partial charge is 0.354 e. The Labute approximate surface area is 114 Å². The summed E-state index contributed by atoms with van der Waals surface area (Å²) in [6, 6.07) is 1.98. The van der Waals surface area contributed by atoms with Gasteiger partial charge in [-0.3, -0.25) is 9.48 Å². The molecule has 0 saturated heterocycles. The fraction of sp³-hybridized carbons (Fsp3) is 0.733. The summed E-state index contributed by atoms with van der Waals surface area (Å²) in [4.78, 5) is 11.9. The first-order valence-corrected chi connectivity index (χ1v) is 7.47. The lowest BCUT2D eigenvalue weighted by Gasteiger charge is -2.20. The van der Waals surface area contributed by atoms with Crippen LogP contribution >= 0.6 is 0 Å². The standard InChI is InChI=1S/C15H23N3O/c1-11-4-5-17-18(11)7-6-16-15(19)10-14-9-12-2-3-13(14)8-12/h4-5,12-14H,2-3,6-10H2,1H3,(H,16,19). The first kappa shape index (κ1) is 12.7. The first-order valence-electron chi connectivity index (χ1n) is 7.47. The molecular formula is C15H23N3O. The van der Waals surface area contributed by atoms with Gasteiger partial charge in [0.25, 0.3) is 0 Å². The molecule has 2 saturated carbocycles. The van der Waals surface area contributed by atoms with Crippen LogP contribution in [-0.2, 0) is 11.3 Å². The molecule has 3 unspecified atom stereocenters. The minimum absolute atomic E-state index is 0.224. The molecule has 0 aliphatic heterocycles. The van der Waals surface area contributed by atoms with E-state index < -0.39 is 0 Å². The van der Waals surface area contributed by atoms with Crippen molar-refractivity contribution in [1.29, 1.82) is 0 Å². The van der Waals surface area contributed by atoms with E-state index in [1.807, 2.05) is 17.7 Å². The van der Waals surface area contributed by atoms with Crippen molar-refractivity contribution in [3.05, 3.63) is 18.0 Å².